The van der Waals surface area contributed by atoms with Crippen molar-refractivity contribution in [3.05, 3.63) is 42.0 Å². The molecule has 0 aromatic heterocycles. The maximum absolute atomic E-state index is 12.5. The largest absolute Gasteiger partial charge is 0.398 e. The van der Waals surface area contributed by atoms with Crippen LogP contribution >= 0.6 is 0 Å². The van der Waals surface area contributed by atoms with Crippen LogP contribution in [0.15, 0.2) is 36.4 Å². The lowest BCUT2D eigenvalue weighted by atomic mass is 10.0. The molecule has 1 heterocycles. The Balaban J connectivity index is 1.99. The van der Waals surface area contributed by atoms with Crippen LogP contribution in [0.4, 0.5) is 5.69 Å². The maximum atomic E-state index is 12.5. The number of piperazine rings is 1. The van der Waals surface area contributed by atoms with Crippen molar-refractivity contribution in [2.45, 2.75) is 0 Å². The number of fused-ring (bicyclic) bond motifs is 1. The predicted molar refractivity (Wildman–Crippen MR) is 77.4 cm³/mol. The minimum atomic E-state index is -0.487. The summed E-state index contributed by atoms with van der Waals surface area (Å²) < 4.78 is 0. The number of carbonyl (C=O) groups is 3. The van der Waals surface area contributed by atoms with E-state index >= 15 is 0 Å². The molecule has 1 saturated heterocycles. The maximum Gasteiger partial charge on any atom is 0.256 e. The number of carbonyl (C=O) groups excluding carboxylic acids is 3. The van der Waals surface area contributed by atoms with Gasteiger partial charge in [0.2, 0.25) is 11.8 Å². The fourth-order valence-electron chi connectivity index (χ4n) is 2.39. The van der Waals surface area contributed by atoms with Crippen molar-refractivity contribution in [1.29, 1.82) is 0 Å². The summed E-state index contributed by atoms with van der Waals surface area (Å²) in [5, 5.41) is 3.96. The number of amides is 3. The molecule has 0 spiro atoms. The van der Waals surface area contributed by atoms with Crippen molar-refractivity contribution in [2.24, 2.45) is 0 Å². The molecule has 6 heteroatoms. The number of nitrogens with two attached hydrogens (primary N) is 1. The summed E-state index contributed by atoms with van der Waals surface area (Å²) in [6.07, 6.45) is 0. The summed E-state index contributed by atoms with van der Waals surface area (Å²) in [6, 6.07) is 10.9. The third-order valence-electron chi connectivity index (χ3n) is 3.38. The van der Waals surface area contributed by atoms with Crippen LogP contribution in [-0.2, 0) is 9.59 Å². The van der Waals surface area contributed by atoms with Gasteiger partial charge in [0.15, 0.2) is 0 Å². The molecule has 21 heavy (non-hydrogen) atoms. The van der Waals surface area contributed by atoms with Crippen LogP contribution in [0.25, 0.3) is 10.8 Å². The quantitative estimate of drug-likeness (QED) is 0.589. The zero-order valence-electron chi connectivity index (χ0n) is 11.1. The molecule has 0 saturated carbocycles. The van der Waals surface area contributed by atoms with Crippen molar-refractivity contribution in [3.8, 4) is 0 Å². The lowest BCUT2D eigenvalue weighted by Gasteiger charge is -2.26. The minimum Gasteiger partial charge on any atom is -0.398 e. The third-order valence-corrected chi connectivity index (χ3v) is 3.38. The molecule has 2 aromatic carbocycles. The number of nitrogens with one attached hydrogen (secondary N) is 1. The monoisotopic (exact) mass is 283 g/mol. The molecule has 3 rings (SSSR count). The minimum absolute atomic E-state index is 0.142. The number of imide groups is 1. The van der Waals surface area contributed by atoms with Crippen molar-refractivity contribution in [2.75, 3.05) is 18.8 Å². The molecule has 0 bridgehead atoms. The van der Waals surface area contributed by atoms with Crippen LogP contribution in [0.3, 0.4) is 0 Å². The first-order chi connectivity index (χ1) is 10.0. The van der Waals surface area contributed by atoms with Gasteiger partial charge in [-0.2, -0.15) is 0 Å². The van der Waals surface area contributed by atoms with Gasteiger partial charge in [-0.3, -0.25) is 19.7 Å². The Kier molecular flexibility index (Phi) is 3.06. The second kappa shape index (κ2) is 4.90. The lowest BCUT2D eigenvalue weighted by Crippen LogP contribution is -2.53. The van der Waals surface area contributed by atoms with Gasteiger partial charge in [0.1, 0.15) is 13.1 Å². The van der Waals surface area contributed by atoms with Gasteiger partial charge >= 0.3 is 0 Å². The first kappa shape index (κ1) is 13.1. The molecule has 0 radical (unpaired) electrons. The highest BCUT2D eigenvalue weighted by Gasteiger charge is 2.28. The molecule has 106 valence electrons. The van der Waals surface area contributed by atoms with E-state index in [4.69, 9.17) is 5.73 Å². The van der Waals surface area contributed by atoms with Gasteiger partial charge in [-0.05, 0) is 22.9 Å². The molecule has 2 aromatic rings. The van der Waals surface area contributed by atoms with E-state index in [2.05, 4.69) is 5.32 Å². The first-order valence-electron chi connectivity index (χ1n) is 6.45. The normalized spacial score (nSPS) is 15.1. The highest BCUT2D eigenvalue weighted by Crippen LogP contribution is 2.23. The Morgan fingerprint density at radius 2 is 1.62 bits per heavy atom. The summed E-state index contributed by atoms with van der Waals surface area (Å²) in [5.74, 6) is -1.39. The van der Waals surface area contributed by atoms with Crippen molar-refractivity contribution in [1.82, 2.24) is 10.2 Å². The number of hydrogen-bond donors (Lipinski definition) is 2. The predicted octanol–water partition coefficient (Wildman–Crippen LogP) is 0.521. The van der Waals surface area contributed by atoms with E-state index in [1.165, 1.54) is 4.90 Å². The van der Waals surface area contributed by atoms with Gasteiger partial charge in [0.05, 0.1) is 5.56 Å². The molecule has 0 aliphatic carbocycles. The standard InChI is InChI=1S/C15H13N3O3/c16-12-6-10-4-2-1-3-9(10)5-11(12)15(21)18-7-13(19)17-14(20)8-18/h1-6H,7-8,16H2,(H,17,19,20). The SMILES string of the molecule is Nc1cc2ccccc2cc1C(=O)N1CC(=O)NC(=O)C1. The number of nitrogen functional groups attached to an aromatic ring is 1. The molecule has 6 nitrogen and oxygen atoms in total. The highest BCUT2D eigenvalue weighted by atomic mass is 16.2. The van der Waals surface area contributed by atoms with Gasteiger partial charge in [-0.25, -0.2) is 0 Å². The van der Waals surface area contributed by atoms with E-state index in [0.717, 1.165) is 10.8 Å². The Hall–Kier alpha value is -2.89. The van der Waals surface area contributed by atoms with Crippen molar-refractivity contribution >= 4 is 34.2 Å². The summed E-state index contributed by atoms with van der Waals surface area (Å²) in [5.41, 5.74) is 6.56. The smallest absolute Gasteiger partial charge is 0.256 e. The topological polar surface area (TPSA) is 92.5 Å². The average Bonchev–Trinajstić information content (AvgIpc) is 2.44. The van der Waals surface area contributed by atoms with Gasteiger partial charge in [-0.1, -0.05) is 24.3 Å². The van der Waals surface area contributed by atoms with Gasteiger partial charge in [-0.15, -0.1) is 0 Å². The van der Waals surface area contributed by atoms with Gasteiger partial charge in [0.25, 0.3) is 5.91 Å². The van der Waals surface area contributed by atoms with Crippen LogP contribution in [0.2, 0.25) is 0 Å². The molecule has 3 N–H and O–H groups in total. The third kappa shape index (κ3) is 2.43. The Morgan fingerprint density at radius 1 is 1.05 bits per heavy atom. The van der Waals surface area contributed by atoms with Crippen LogP contribution in [0.1, 0.15) is 10.4 Å². The molecule has 0 atom stereocenters. The van der Waals surface area contributed by atoms with Crippen LogP contribution in [-0.4, -0.2) is 35.7 Å². The van der Waals surface area contributed by atoms with E-state index < -0.39 is 17.7 Å². The number of benzene rings is 2. The summed E-state index contributed by atoms with van der Waals surface area (Å²) >= 11 is 0. The number of rotatable bonds is 1. The molecular formula is C15H13N3O3. The Labute approximate surface area is 120 Å². The second-order valence-electron chi connectivity index (χ2n) is 4.92. The first-order valence-corrected chi connectivity index (χ1v) is 6.45. The van der Waals surface area contributed by atoms with Crippen molar-refractivity contribution < 1.29 is 14.4 Å². The Morgan fingerprint density at radius 3 is 2.24 bits per heavy atom. The number of hydrogen-bond acceptors (Lipinski definition) is 4. The van der Waals surface area contributed by atoms with E-state index in [9.17, 15) is 14.4 Å². The van der Waals surface area contributed by atoms with Crippen molar-refractivity contribution in [3.63, 3.8) is 0 Å². The number of nitrogens with zero attached hydrogens (tertiary/aromatic N) is 1. The number of anilines is 1. The average molecular weight is 283 g/mol. The fraction of sp³-hybridized carbons (Fsp3) is 0.133. The lowest BCUT2D eigenvalue weighted by molar-refractivity contribution is -0.135. The summed E-state index contributed by atoms with van der Waals surface area (Å²) in [6.45, 7) is -0.284. The van der Waals surface area contributed by atoms with Crippen LogP contribution < -0.4 is 11.1 Å². The molecule has 3 amide bonds. The molecule has 1 fully saturated rings. The fourth-order valence-corrected chi connectivity index (χ4v) is 2.39. The van der Waals surface area contributed by atoms with E-state index in [-0.39, 0.29) is 13.1 Å². The van der Waals surface area contributed by atoms with Crippen LogP contribution in [0.5, 0.6) is 0 Å². The zero-order chi connectivity index (χ0) is 15.0. The summed E-state index contributed by atoms with van der Waals surface area (Å²) in [4.78, 5) is 36.4. The highest BCUT2D eigenvalue weighted by molar-refractivity contribution is 6.09. The molecular weight excluding hydrogens is 270 g/mol. The molecule has 1 aliphatic rings. The van der Waals surface area contributed by atoms with Gasteiger partial charge < -0.3 is 10.6 Å². The molecule has 1 aliphatic heterocycles. The van der Waals surface area contributed by atoms with E-state index in [1.807, 2.05) is 24.3 Å². The zero-order valence-corrected chi connectivity index (χ0v) is 11.1. The Bertz CT molecular complexity index is 754. The summed E-state index contributed by atoms with van der Waals surface area (Å²) in [7, 11) is 0. The van der Waals surface area contributed by atoms with E-state index in [1.54, 1.807) is 12.1 Å². The van der Waals surface area contributed by atoms with Crippen LogP contribution in [0, 0.1) is 0 Å². The van der Waals surface area contributed by atoms with E-state index in [0.29, 0.717) is 11.3 Å². The van der Waals surface area contributed by atoms with Gasteiger partial charge in [0, 0.05) is 5.69 Å². The second-order valence-corrected chi connectivity index (χ2v) is 4.92. The molecule has 0 unspecified atom stereocenters.